The van der Waals surface area contributed by atoms with Gasteiger partial charge in [0.05, 0.1) is 6.10 Å². The maximum atomic E-state index is 13.0. The number of halogens is 1. The zero-order chi connectivity index (χ0) is 12.7. The van der Waals surface area contributed by atoms with Gasteiger partial charge in [-0.25, -0.2) is 4.39 Å². The van der Waals surface area contributed by atoms with Crippen LogP contribution in [0.4, 0.5) is 4.39 Å². The van der Waals surface area contributed by atoms with Gasteiger partial charge in [-0.1, -0.05) is 12.5 Å². The number of fused-ring (bicyclic) bond motifs is 2. The Hall–Kier alpha value is -0.890. The van der Waals surface area contributed by atoms with E-state index in [-0.39, 0.29) is 11.9 Å². The molecule has 4 atom stereocenters. The fourth-order valence-electron chi connectivity index (χ4n) is 4.03. The molecule has 0 radical (unpaired) electrons. The Morgan fingerprint density at radius 3 is 2.78 bits per heavy atom. The average Bonchev–Trinajstić information content (AvgIpc) is 2.94. The van der Waals surface area contributed by atoms with Gasteiger partial charge in [-0.05, 0) is 73.6 Å². The molecule has 1 nitrogen and oxygen atoms in total. The minimum Gasteiger partial charge on any atom is -0.392 e. The summed E-state index contributed by atoms with van der Waals surface area (Å²) in [5.74, 6) is 1.90. The lowest BCUT2D eigenvalue weighted by atomic mass is 9.82. The van der Waals surface area contributed by atoms with Crippen molar-refractivity contribution in [3.8, 4) is 0 Å². The van der Waals surface area contributed by atoms with Gasteiger partial charge in [0.15, 0.2) is 0 Å². The van der Waals surface area contributed by atoms with Crippen molar-refractivity contribution in [3.05, 3.63) is 35.1 Å². The molecule has 2 aliphatic carbocycles. The van der Waals surface area contributed by atoms with Crippen LogP contribution in [0.15, 0.2) is 18.2 Å². The summed E-state index contributed by atoms with van der Waals surface area (Å²) in [6, 6.07) is 4.87. The Morgan fingerprint density at radius 2 is 2.17 bits per heavy atom. The van der Waals surface area contributed by atoms with Gasteiger partial charge in [-0.2, -0.15) is 0 Å². The Labute approximate surface area is 108 Å². The third kappa shape index (κ3) is 2.18. The van der Waals surface area contributed by atoms with Crippen LogP contribution < -0.4 is 0 Å². The molecule has 3 rings (SSSR count). The van der Waals surface area contributed by atoms with E-state index < -0.39 is 0 Å². The van der Waals surface area contributed by atoms with Crippen LogP contribution >= 0.6 is 0 Å². The Bertz CT molecular complexity index is 443. The van der Waals surface area contributed by atoms with Crippen molar-refractivity contribution in [2.75, 3.05) is 0 Å². The van der Waals surface area contributed by atoms with Crippen LogP contribution in [0.25, 0.3) is 0 Å². The van der Waals surface area contributed by atoms with Gasteiger partial charge in [-0.3, -0.25) is 0 Å². The molecule has 0 spiro atoms. The lowest BCUT2D eigenvalue weighted by Crippen LogP contribution is -2.27. The smallest absolute Gasteiger partial charge is 0.123 e. The summed E-state index contributed by atoms with van der Waals surface area (Å²) in [6.07, 6.45) is 5.62. The van der Waals surface area contributed by atoms with Crippen molar-refractivity contribution in [2.24, 2.45) is 17.8 Å². The van der Waals surface area contributed by atoms with E-state index in [9.17, 15) is 9.50 Å². The van der Waals surface area contributed by atoms with Crippen molar-refractivity contribution < 1.29 is 9.50 Å². The van der Waals surface area contributed by atoms with Gasteiger partial charge < -0.3 is 5.11 Å². The van der Waals surface area contributed by atoms with Gasteiger partial charge in [0.2, 0.25) is 0 Å². The molecule has 1 aromatic carbocycles. The topological polar surface area (TPSA) is 20.2 Å². The predicted octanol–water partition coefficient (Wildman–Crippen LogP) is 3.47. The quantitative estimate of drug-likeness (QED) is 0.868. The van der Waals surface area contributed by atoms with Crippen molar-refractivity contribution in [1.82, 2.24) is 0 Å². The summed E-state index contributed by atoms with van der Waals surface area (Å²) in [5, 5.41) is 10.4. The molecule has 0 aromatic heterocycles. The highest BCUT2D eigenvalue weighted by Crippen LogP contribution is 2.49. The van der Waals surface area contributed by atoms with Crippen LogP contribution in [0.1, 0.15) is 36.8 Å². The molecular formula is C16H21FO. The molecule has 2 fully saturated rings. The number of hydrogen-bond acceptors (Lipinski definition) is 1. The molecule has 2 bridgehead atoms. The maximum Gasteiger partial charge on any atom is 0.123 e. The van der Waals surface area contributed by atoms with E-state index in [1.807, 2.05) is 13.0 Å². The zero-order valence-corrected chi connectivity index (χ0v) is 10.9. The molecule has 1 N–H and O–H groups in total. The summed E-state index contributed by atoms with van der Waals surface area (Å²) < 4.78 is 13.0. The van der Waals surface area contributed by atoms with Gasteiger partial charge >= 0.3 is 0 Å². The number of rotatable bonds is 3. The molecule has 2 heteroatoms. The van der Waals surface area contributed by atoms with Crippen LogP contribution in [-0.4, -0.2) is 11.2 Å². The SMILES string of the molecule is Cc1cc(F)ccc1CC(O)C1CC2CCC1C2. The van der Waals surface area contributed by atoms with E-state index in [0.717, 1.165) is 23.0 Å². The first-order valence-corrected chi connectivity index (χ1v) is 7.06. The van der Waals surface area contributed by atoms with Gasteiger partial charge in [0.25, 0.3) is 0 Å². The molecule has 0 heterocycles. The second-order valence-electron chi connectivity index (χ2n) is 6.18. The third-order valence-corrected chi connectivity index (χ3v) is 5.02. The van der Waals surface area contributed by atoms with Crippen molar-refractivity contribution in [3.63, 3.8) is 0 Å². The summed E-state index contributed by atoms with van der Waals surface area (Å²) in [6.45, 7) is 1.92. The predicted molar refractivity (Wildman–Crippen MR) is 69.8 cm³/mol. The molecule has 1 aromatic rings. The monoisotopic (exact) mass is 248 g/mol. The molecule has 0 aliphatic heterocycles. The number of benzene rings is 1. The molecule has 98 valence electrons. The standard InChI is InChI=1S/C16H21FO/c1-10-6-14(17)5-4-12(10)9-16(18)15-8-11-2-3-13(15)7-11/h4-6,11,13,15-16,18H,2-3,7-9H2,1H3. The average molecular weight is 248 g/mol. The van der Waals surface area contributed by atoms with Gasteiger partial charge in [0.1, 0.15) is 5.82 Å². The number of aliphatic hydroxyl groups excluding tert-OH is 1. The fraction of sp³-hybridized carbons (Fsp3) is 0.625. The van der Waals surface area contributed by atoms with E-state index in [1.165, 1.54) is 31.7 Å². The molecule has 2 aliphatic rings. The molecule has 4 unspecified atom stereocenters. The van der Waals surface area contributed by atoms with Crippen LogP contribution in [0.2, 0.25) is 0 Å². The first kappa shape index (κ1) is 12.2. The largest absolute Gasteiger partial charge is 0.392 e. The molecule has 2 saturated carbocycles. The summed E-state index contributed by atoms with van der Waals surface area (Å²) >= 11 is 0. The zero-order valence-electron chi connectivity index (χ0n) is 10.9. The Kier molecular flexibility index (Phi) is 3.14. The fourth-order valence-corrected chi connectivity index (χ4v) is 4.03. The summed E-state index contributed by atoms with van der Waals surface area (Å²) in [7, 11) is 0. The maximum absolute atomic E-state index is 13.0. The number of hydrogen-bond donors (Lipinski definition) is 1. The Balaban J connectivity index is 1.69. The van der Waals surface area contributed by atoms with Crippen LogP contribution in [0.3, 0.4) is 0 Å². The van der Waals surface area contributed by atoms with Crippen molar-refractivity contribution in [1.29, 1.82) is 0 Å². The minimum atomic E-state index is -0.246. The normalized spacial score (nSPS) is 31.8. The van der Waals surface area contributed by atoms with Crippen molar-refractivity contribution in [2.45, 2.75) is 45.1 Å². The first-order chi connectivity index (χ1) is 8.63. The van der Waals surface area contributed by atoms with Crippen LogP contribution in [0.5, 0.6) is 0 Å². The summed E-state index contributed by atoms with van der Waals surface area (Å²) in [5.41, 5.74) is 2.05. The highest BCUT2D eigenvalue weighted by molar-refractivity contribution is 5.27. The summed E-state index contributed by atoms with van der Waals surface area (Å²) in [4.78, 5) is 0. The van der Waals surface area contributed by atoms with E-state index >= 15 is 0 Å². The van der Waals surface area contributed by atoms with Crippen LogP contribution in [0, 0.1) is 30.5 Å². The second-order valence-corrected chi connectivity index (χ2v) is 6.18. The van der Waals surface area contributed by atoms with Crippen molar-refractivity contribution >= 4 is 0 Å². The van der Waals surface area contributed by atoms with E-state index in [0.29, 0.717) is 12.3 Å². The lowest BCUT2D eigenvalue weighted by Gasteiger charge is -2.27. The number of aryl methyl sites for hydroxylation is 1. The van der Waals surface area contributed by atoms with Gasteiger partial charge in [-0.15, -0.1) is 0 Å². The van der Waals surface area contributed by atoms with Crippen LogP contribution in [-0.2, 0) is 6.42 Å². The van der Waals surface area contributed by atoms with E-state index in [4.69, 9.17) is 0 Å². The second kappa shape index (κ2) is 4.65. The van der Waals surface area contributed by atoms with Gasteiger partial charge in [0, 0.05) is 0 Å². The molecule has 0 saturated heterocycles. The highest BCUT2D eigenvalue weighted by atomic mass is 19.1. The van der Waals surface area contributed by atoms with E-state index in [1.54, 1.807) is 6.07 Å². The molecular weight excluding hydrogens is 227 g/mol. The molecule has 0 amide bonds. The van der Waals surface area contributed by atoms with E-state index in [2.05, 4.69) is 0 Å². The minimum absolute atomic E-state index is 0.189. The highest BCUT2D eigenvalue weighted by Gasteiger charge is 2.42. The Morgan fingerprint density at radius 1 is 1.33 bits per heavy atom. The first-order valence-electron chi connectivity index (χ1n) is 7.06. The molecule has 18 heavy (non-hydrogen) atoms. The third-order valence-electron chi connectivity index (χ3n) is 5.02. The number of aliphatic hydroxyl groups is 1. The lowest BCUT2D eigenvalue weighted by molar-refractivity contribution is 0.0749.